The van der Waals surface area contributed by atoms with E-state index in [9.17, 15) is 9.59 Å². The molecule has 3 aromatic rings. The molecule has 0 aliphatic carbocycles. The summed E-state index contributed by atoms with van der Waals surface area (Å²) in [5.41, 5.74) is 3.21. The van der Waals surface area contributed by atoms with E-state index in [1.54, 1.807) is 6.20 Å². The largest absolute Gasteiger partial charge is 0.360 e. The second kappa shape index (κ2) is 6.71. The summed E-state index contributed by atoms with van der Waals surface area (Å²) < 4.78 is 0. The number of aromatic nitrogens is 1. The third-order valence-corrected chi connectivity index (χ3v) is 4.25. The number of aryl methyl sites for hydroxylation is 1. The van der Waals surface area contributed by atoms with Gasteiger partial charge in [-0.2, -0.15) is 0 Å². The van der Waals surface area contributed by atoms with E-state index < -0.39 is 11.7 Å². The maximum absolute atomic E-state index is 12.7. The molecule has 1 amide bonds. The summed E-state index contributed by atoms with van der Waals surface area (Å²) in [5.74, 6) is -1.000. The molecule has 0 radical (unpaired) electrons. The van der Waals surface area contributed by atoms with Gasteiger partial charge in [0.25, 0.3) is 11.7 Å². The standard InChI is InChI=1S/C20H20N2O2/c1-3-14-9-11-15(12-10-14)22(4-2)20(24)19(23)17-13-21-18-8-6-5-7-16(17)18/h5-13,21H,3-4H2,1-2H3. The van der Waals surface area contributed by atoms with Crippen molar-refractivity contribution in [1.29, 1.82) is 0 Å². The zero-order valence-electron chi connectivity index (χ0n) is 13.9. The molecule has 0 spiro atoms. The molecule has 0 unspecified atom stereocenters. The Morgan fingerprint density at radius 2 is 1.71 bits per heavy atom. The second-order valence-electron chi connectivity index (χ2n) is 5.65. The van der Waals surface area contributed by atoms with Gasteiger partial charge in [0.1, 0.15) is 0 Å². The van der Waals surface area contributed by atoms with Crippen LogP contribution >= 0.6 is 0 Å². The highest BCUT2D eigenvalue weighted by Gasteiger charge is 2.25. The molecule has 0 atom stereocenters. The Morgan fingerprint density at radius 1 is 1.00 bits per heavy atom. The van der Waals surface area contributed by atoms with E-state index in [-0.39, 0.29) is 0 Å². The lowest BCUT2D eigenvalue weighted by Crippen LogP contribution is -2.36. The average Bonchev–Trinajstić information content (AvgIpc) is 3.06. The van der Waals surface area contributed by atoms with Gasteiger partial charge in [-0.1, -0.05) is 37.3 Å². The van der Waals surface area contributed by atoms with Crippen LogP contribution in [0.3, 0.4) is 0 Å². The summed E-state index contributed by atoms with van der Waals surface area (Å²) in [6.45, 7) is 4.39. The first-order valence-corrected chi connectivity index (χ1v) is 8.17. The SMILES string of the molecule is CCc1ccc(N(CC)C(=O)C(=O)c2c[nH]c3ccccc23)cc1. The first-order valence-electron chi connectivity index (χ1n) is 8.17. The van der Waals surface area contributed by atoms with Crippen molar-refractivity contribution in [3.8, 4) is 0 Å². The van der Waals surface area contributed by atoms with Crippen LogP contribution in [0.4, 0.5) is 5.69 Å². The number of aromatic amines is 1. The van der Waals surface area contributed by atoms with Crippen LogP contribution in [0.25, 0.3) is 10.9 Å². The minimum absolute atomic E-state index is 0.416. The summed E-state index contributed by atoms with van der Waals surface area (Å²) >= 11 is 0. The molecule has 3 rings (SSSR count). The highest BCUT2D eigenvalue weighted by Crippen LogP contribution is 2.21. The number of nitrogens with one attached hydrogen (secondary N) is 1. The number of carbonyl (C=O) groups excluding carboxylic acids is 2. The molecule has 0 saturated carbocycles. The number of hydrogen-bond acceptors (Lipinski definition) is 2. The van der Waals surface area contributed by atoms with E-state index in [4.69, 9.17) is 0 Å². The highest BCUT2D eigenvalue weighted by atomic mass is 16.2. The van der Waals surface area contributed by atoms with E-state index in [1.807, 2.05) is 55.5 Å². The molecule has 0 bridgehead atoms. The third kappa shape index (κ3) is 2.83. The quantitative estimate of drug-likeness (QED) is 0.571. The number of carbonyl (C=O) groups is 2. The fourth-order valence-electron chi connectivity index (χ4n) is 2.85. The van der Waals surface area contributed by atoms with Gasteiger partial charge in [-0.25, -0.2) is 0 Å². The zero-order valence-corrected chi connectivity index (χ0v) is 13.9. The van der Waals surface area contributed by atoms with E-state index in [0.717, 1.165) is 23.0 Å². The molecule has 0 aliphatic heterocycles. The Labute approximate surface area is 141 Å². The van der Waals surface area contributed by atoms with Crippen molar-refractivity contribution in [2.45, 2.75) is 20.3 Å². The summed E-state index contributed by atoms with van der Waals surface area (Å²) in [7, 11) is 0. The summed E-state index contributed by atoms with van der Waals surface area (Å²) in [6, 6.07) is 15.2. The molecule has 1 heterocycles. The summed E-state index contributed by atoms with van der Waals surface area (Å²) in [6.07, 6.45) is 2.55. The average molecular weight is 320 g/mol. The monoisotopic (exact) mass is 320 g/mol. The second-order valence-corrected chi connectivity index (χ2v) is 5.65. The number of hydrogen-bond donors (Lipinski definition) is 1. The van der Waals surface area contributed by atoms with Crippen molar-refractivity contribution < 1.29 is 9.59 Å². The molecule has 2 aromatic carbocycles. The van der Waals surface area contributed by atoms with Gasteiger partial charge in [-0.05, 0) is 37.1 Å². The van der Waals surface area contributed by atoms with Crippen LogP contribution in [0, 0.1) is 0 Å². The predicted molar refractivity (Wildman–Crippen MR) is 96.5 cm³/mol. The van der Waals surface area contributed by atoms with Crippen LogP contribution in [0.1, 0.15) is 29.8 Å². The number of amides is 1. The van der Waals surface area contributed by atoms with Crippen molar-refractivity contribution in [2.24, 2.45) is 0 Å². The summed E-state index contributed by atoms with van der Waals surface area (Å²) in [5, 5.41) is 0.772. The Kier molecular flexibility index (Phi) is 4.47. The van der Waals surface area contributed by atoms with Crippen LogP contribution in [0.15, 0.2) is 54.7 Å². The van der Waals surface area contributed by atoms with Crippen LogP contribution < -0.4 is 4.90 Å². The molecule has 1 aromatic heterocycles. The van der Waals surface area contributed by atoms with Gasteiger partial charge in [0.2, 0.25) is 0 Å². The number of fused-ring (bicyclic) bond motifs is 1. The van der Waals surface area contributed by atoms with E-state index in [2.05, 4.69) is 11.9 Å². The van der Waals surface area contributed by atoms with Gasteiger partial charge in [-0.15, -0.1) is 0 Å². The fourth-order valence-corrected chi connectivity index (χ4v) is 2.85. The number of benzene rings is 2. The van der Waals surface area contributed by atoms with Crippen LogP contribution in [0.2, 0.25) is 0 Å². The van der Waals surface area contributed by atoms with Crippen molar-refractivity contribution in [3.05, 3.63) is 65.9 Å². The highest BCUT2D eigenvalue weighted by molar-refractivity contribution is 6.48. The maximum Gasteiger partial charge on any atom is 0.299 e. The van der Waals surface area contributed by atoms with Crippen molar-refractivity contribution in [3.63, 3.8) is 0 Å². The van der Waals surface area contributed by atoms with Crippen LogP contribution in [-0.4, -0.2) is 23.2 Å². The molecular weight excluding hydrogens is 300 g/mol. The van der Waals surface area contributed by atoms with Crippen molar-refractivity contribution in [2.75, 3.05) is 11.4 Å². The Hall–Kier alpha value is -2.88. The Balaban J connectivity index is 1.91. The molecule has 24 heavy (non-hydrogen) atoms. The maximum atomic E-state index is 12.7. The summed E-state index contributed by atoms with van der Waals surface area (Å²) in [4.78, 5) is 30.0. The number of H-pyrrole nitrogens is 1. The number of rotatable bonds is 5. The Bertz CT molecular complexity index is 878. The van der Waals surface area contributed by atoms with Crippen LogP contribution in [-0.2, 0) is 11.2 Å². The van der Waals surface area contributed by atoms with Crippen molar-refractivity contribution in [1.82, 2.24) is 4.98 Å². The first-order chi connectivity index (χ1) is 11.7. The zero-order chi connectivity index (χ0) is 17.1. The molecule has 4 heteroatoms. The molecule has 1 N–H and O–H groups in total. The molecule has 122 valence electrons. The van der Waals surface area contributed by atoms with Crippen molar-refractivity contribution >= 4 is 28.3 Å². The third-order valence-electron chi connectivity index (χ3n) is 4.25. The molecule has 4 nitrogen and oxygen atoms in total. The molecule has 0 saturated heterocycles. The minimum atomic E-state index is -0.508. The predicted octanol–water partition coefficient (Wildman–Crippen LogP) is 3.97. The number of ketones is 1. The topological polar surface area (TPSA) is 53.2 Å². The minimum Gasteiger partial charge on any atom is -0.360 e. The number of anilines is 1. The number of nitrogens with zero attached hydrogens (tertiary/aromatic N) is 1. The number of para-hydroxylation sites is 1. The molecule has 0 aliphatic rings. The lowest BCUT2D eigenvalue weighted by atomic mass is 10.1. The lowest BCUT2D eigenvalue weighted by Gasteiger charge is -2.20. The Morgan fingerprint density at radius 3 is 2.38 bits per heavy atom. The van der Waals surface area contributed by atoms with Gasteiger partial charge in [0.15, 0.2) is 0 Å². The fraction of sp³-hybridized carbons (Fsp3) is 0.200. The lowest BCUT2D eigenvalue weighted by molar-refractivity contribution is -0.114. The van der Waals surface area contributed by atoms with E-state index in [1.165, 1.54) is 10.5 Å². The van der Waals surface area contributed by atoms with Gasteiger partial charge in [-0.3, -0.25) is 9.59 Å². The van der Waals surface area contributed by atoms with Gasteiger partial charge >= 0.3 is 0 Å². The van der Waals surface area contributed by atoms with E-state index >= 15 is 0 Å². The van der Waals surface area contributed by atoms with E-state index in [0.29, 0.717) is 12.1 Å². The normalized spacial score (nSPS) is 10.8. The molecular formula is C20H20N2O2. The number of Topliss-reactive ketones (excluding diaryl/α,β-unsaturated/α-hetero) is 1. The van der Waals surface area contributed by atoms with Gasteiger partial charge < -0.3 is 9.88 Å². The van der Waals surface area contributed by atoms with Crippen LogP contribution in [0.5, 0.6) is 0 Å². The number of likely N-dealkylation sites (N-methyl/N-ethyl adjacent to an activating group) is 1. The molecule has 0 fully saturated rings. The van der Waals surface area contributed by atoms with Gasteiger partial charge in [0, 0.05) is 29.3 Å². The van der Waals surface area contributed by atoms with Gasteiger partial charge in [0.05, 0.1) is 5.56 Å². The smallest absolute Gasteiger partial charge is 0.299 e. The first kappa shape index (κ1) is 16.0.